The van der Waals surface area contributed by atoms with E-state index in [1.165, 1.54) is 24.2 Å². The van der Waals surface area contributed by atoms with E-state index in [2.05, 4.69) is 23.7 Å². The minimum Gasteiger partial charge on any atom is -0.382 e. The van der Waals surface area contributed by atoms with Gasteiger partial charge in [-0.05, 0) is 12.8 Å². The number of rotatable bonds is 2. The van der Waals surface area contributed by atoms with E-state index in [0.29, 0.717) is 21.2 Å². The molecule has 0 aliphatic carbocycles. The Labute approximate surface area is 133 Å². The number of thioether (sulfide) groups is 1. The van der Waals surface area contributed by atoms with Crippen molar-refractivity contribution in [1.82, 2.24) is 9.88 Å². The molecule has 0 saturated carbocycles. The maximum Gasteiger partial charge on any atom is 0.267 e. The molecule has 2 aliphatic rings. The van der Waals surface area contributed by atoms with Crippen LogP contribution in [-0.2, 0) is 0 Å². The van der Waals surface area contributed by atoms with Gasteiger partial charge in [-0.1, -0.05) is 25.2 Å². The van der Waals surface area contributed by atoms with Gasteiger partial charge in [0.25, 0.3) is 5.91 Å². The van der Waals surface area contributed by atoms with Gasteiger partial charge in [0, 0.05) is 36.7 Å². The quantitative estimate of drug-likeness (QED) is 0.903. The molecular formula is C14H22N4OS2. The molecule has 1 aromatic rings. The lowest BCUT2D eigenvalue weighted by atomic mass is 10.3. The van der Waals surface area contributed by atoms with Crippen LogP contribution in [0.5, 0.6) is 0 Å². The minimum absolute atomic E-state index is 0.0504. The Balaban J connectivity index is 1.77. The SMILES string of the molecule is CC1CN(C(=O)c2sc(N3CCCC3)nc2N)CC(C)S1. The summed E-state index contributed by atoms with van der Waals surface area (Å²) in [6, 6.07) is 0. The third-order valence-corrected chi connectivity index (χ3v) is 6.27. The fraction of sp³-hybridized carbons (Fsp3) is 0.714. The van der Waals surface area contributed by atoms with E-state index in [9.17, 15) is 4.79 Å². The fourth-order valence-electron chi connectivity index (χ4n) is 3.00. The molecule has 21 heavy (non-hydrogen) atoms. The number of carbonyl (C=O) groups excluding carboxylic acids is 1. The van der Waals surface area contributed by atoms with Crippen molar-refractivity contribution >= 4 is 40.0 Å². The fourth-order valence-corrected chi connectivity index (χ4v) is 5.33. The minimum atomic E-state index is 0.0504. The molecule has 3 rings (SSSR count). The summed E-state index contributed by atoms with van der Waals surface area (Å²) in [4.78, 5) is 21.9. The third-order valence-electron chi connectivity index (χ3n) is 3.92. The Bertz CT molecular complexity index is 517. The van der Waals surface area contributed by atoms with E-state index in [1.807, 2.05) is 16.7 Å². The lowest BCUT2D eigenvalue weighted by molar-refractivity contribution is 0.0759. The normalized spacial score (nSPS) is 26.4. The van der Waals surface area contributed by atoms with Crippen molar-refractivity contribution in [2.75, 3.05) is 36.8 Å². The number of aromatic nitrogens is 1. The van der Waals surface area contributed by atoms with Crippen LogP contribution in [0.2, 0.25) is 0 Å². The molecule has 0 spiro atoms. The van der Waals surface area contributed by atoms with Crippen molar-refractivity contribution in [3.63, 3.8) is 0 Å². The van der Waals surface area contributed by atoms with Gasteiger partial charge < -0.3 is 15.5 Å². The Kier molecular flexibility index (Phi) is 4.31. The Morgan fingerprint density at radius 2 is 1.86 bits per heavy atom. The molecule has 116 valence electrons. The van der Waals surface area contributed by atoms with Crippen molar-refractivity contribution in [2.45, 2.75) is 37.2 Å². The van der Waals surface area contributed by atoms with Crippen molar-refractivity contribution in [2.24, 2.45) is 0 Å². The number of hydrogen-bond acceptors (Lipinski definition) is 6. The summed E-state index contributed by atoms with van der Waals surface area (Å²) in [5, 5.41) is 1.86. The van der Waals surface area contributed by atoms with Crippen LogP contribution in [0.1, 0.15) is 36.4 Å². The van der Waals surface area contributed by atoms with Gasteiger partial charge in [-0.3, -0.25) is 4.79 Å². The Morgan fingerprint density at radius 3 is 2.48 bits per heavy atom. The smallest absolute Gasteiger partial charge is 0.267 e. The largest absolute Gasteiger partial charge is 0.382 e. The van der Waals surface area contributed by atoms with E-state index in [4.69, 9.17) is 5.73 Å². The summed E-state index contributed by atoms with van der Waals surface area (Å²) >= 11 is 3.39. The topological polar surface area (TPSA) is 62.5 Å². The summed E-state index contributed by atoms with van der Waals surface area (Å²) in [5.74, 6) is 0.444. The third kappa shape index (κ3) is 3.13. The van der Waals surface area contributed by atoms with Crippen LogP contribution in [0.4, 0.5) is 10.9 Å². The average Bonchev–Trinajstić information content (AvgIpc) is 3.05. The van der Waals surface area contributed by atoms with Gasteiger partial charge in [0.15, 0.2) is 5.13 Å². The van der Waals surface area contributed by atoms with E-state index >= 15 is 0 Å². The lowest BCUT2D eigenvalue weighted by Crippen LogP contribution is -2.43. The van der Waals surface area contributed by atoms with Crippen molar-refractivity contribution in [3.05, 3.63) is 4.88 Å². The molecule has 2 unspecified atom stereocenters. The molecule has 0 aromatic carbocycles. The summed E-state index contributed by atoms with van der Waals surface area (Å²) in [6.07, 6.45) is 2.39. The highest BCUT2D eigenvalue weighted by Gasteiger charge is 2.30. The Morgan fingerprint density at radius 1 is 1.24 bits per heavy atom. The van der Waals surface area contributed by atoms with Gasteiger partial charge in [0.05, 0.1) is 0 Å². The van der Waals surface area contributed by atoms with E-state index < -0.39 is 0 Å². The molecule has 7 heteroatoms. The van der Waals surface area contributed by atoms with Crippen molar-refractivity contribution in [1.29, 1.82) is 0 Å². The monoisotopic (exact) mass is 326 g/mol. The van der Waals surface area contributed by atoms with Crippen LogP contribution in [0, 0.1) is 0 Å². The second kappa shape index (κ2) is 6.04. The average molecular weight is 326 g/mol. The highest BCUT2D eigenvalue weighted by molar-refractivity contribution is 8.00. The van der Waals surface area contributed by atoms with Gasteiger partial charge in [-0.2, -0.15) is 11.8 Å². The number of nitrogens with two attached hydrogens (primary N) is 1. The molecule has 1 aromatic heterocycles. The number of thiazole rings is 1. The number of anilines is 2. The summed E-state index contributed by atoms with van der Waals surface area (Å²) in [7, 11) is 0. The maximum atomic E-state index is 12.7. The number of nitrogen functional groups attached to an aromatic ring is 1. The first kappa shape index (κ1) is 15.0. The van der Waals surface area contributed by atoms with Gasteiger partial charge in [0.1, 0.15) is 10.7 Å². The van der Waals surface area contributed by atoms with E-state index in [1.54, 1.807) is 0 Å². The zero-order chi connectivity index (χ0) is 15.0. The second-order valence-corrected chi connectivity index (χ2v) is 8.73. The number of nitrogens with zero attached hydrogens (tertiary/aromatic N) is 3. The number of carbonyl (C=O) groups is 1. The summed E-state index contributed by atoms with van der Waals surface area (Å²) in [6.45, 7) is 7.98. The first-order chi connectivity index (χ1) is 10.0. The zero-order valence-corrected chi connectivity index (χ0v) is 14.2. The molecule has 2 atom stereocenters. The summed E-state index contributed by atoms with van der Waals surface area (Å²) in [5.41, 5.74) is 6.01. The molecule has 3 heterocycles. The van der Waals surface area contributed by atoms with Crippen LogP contribution in [0.3, 0.4) is 0 Å². The standard InChI is InChI=1S/C14H22N4OS2/c1-9-7-18(8-10(2)20-9)13(19)11-12(15)16-14(21-11)17-5-3-4-6-17/h9-10H,3-8,15H2,1-2H3. The van der Waals surface area contributed by atoms with Gasteiger partial charge in [0.2, 0.25) is 0 Å². The van der Waals surface area contributed by atoms with Gasteiger partial charge in [-0.25, -0.2) is 4.98 Å². The van der Waals surface area contributed by atoms with Crippen LogP contribution in [0.15, 0.2) is 0 Å². The highest BCUT2D eigenvalue weighted by Crippen LogP contribution is 2.33. The van der Waals surface area contributed by atoms with Gasteiger partial charge >= 0.3 is 0 Å². The molecule has 0 bridgehead atoms. The first-order valence-electron chi connectivity index (χ1n) is 7.50. The van der Waals surface area contributed by atoms with Crippen LogP contribution in [0.25, 0.3) is 0 Å². The molecule has 1 amide bonds. The van der Waals surface area contributed by atoms with Crippen LogP contribution in [-0.4, -0.2) is 52.5 Å². The Hall–Kier alpha value is -0.950. The second-order valence-electron chi connectivity index (χ2n) is 5.87. The molecule has 2 fully saturated rings. The maximum absolute atomic E-state index is 12.7. The molecule has 0 radical (unpaired) electrons. The molecule has 5 nitrogen and oxygen atoms in total. The predicted molar refractivity (Wildman–Crippen MR) is 90.4 cm³/mol. The van der Waals surface area contributed by atoms with Crippen molar-refractivity contribution in [3.8, 4) is 0 Å². The first-order valence-corrected chi connectivity index (χ1v) is 9.26. The zero-order valence-electron chi connectivity index (χ0n) is 12.5. The van der Waals surface area contributed by atoms with E-state index in [0.717, 1.165) is 31.3 Å². The van der Waals surface area contributed by atoms with E-state index in [-0.39, 0.29) is 5.91 Å². The highest BCUT2D eigenvalue weighted by atomic mass is 32.2. The van der Waals surface area contributed by atoms with Crippen LogP contribution < -0.4 is 10.6 Å². The van der Waals surface area contributed by atoms with Crippen LogP contribution >= 0.6 is 23.1 Å². The number of amides is 1. The molecule has 2 saturated heterocycles. The lowest BCUT2D eigenvalue weighted by Gasteiger charge is -2.34. The number of hydrogen-bond donors (Lipinski definition) is 1. The predicted octanol–water partition coefficient (Wildman–Crippen LogP) is 2.29. The van der Waals surface area contributed by atoms with Gasteiger partial charge in [-0.15, -0.1) is 0 Å². The molecule has 2 N–H and O–H groups in total. The molecular weight excluding hydrogens is 304 g/mol. The summed E-state index contributed by atoms with van der Waals surface area (Å²) < 4.78 is 0. The van der Waals surface area contributed by atoms with Crippen molar-refractivity contribution < 1.29 is 4.79 Å². The molecule has 2 aliphatic heterocycles.